The van der Waals surface area contributed by atoms with E-state index in [0.717, 1.165) is 11.3 Å². The zero-order chi connectivity index (χ0) is 14.9. The van der Waals surface area contributed by atoms with Crippen LogP contribution in [0.3, 0.4) is 0 Å². The number of nitro groups is 1. The van der Waals surface area contributed by atoms with Crippen LogP contribution in [0.25, 0.3) is 0 Å². The van der Waals surface area contributed by atoms with Gasteiger partial charge in [-0.2, -0.15) is 0 Å². The number of thiophene rings is 1. The number of likely N-dealkylation sites (tertiary alicyclic amines) is 1. The van der Waals surface area contributed by atoms with E-state index in [-0.39, 0.29) is 35.3 Å². The number of hydrogen-bond donors (Lipinski definition) is 0. The number of carbonyl (C=O) groups excluding carboxylic acids is 2. The number of esters is 1. The molecule has 1 aromatic rings. The minimum absolute atomic E-state index is 0.0139. The largest absolute Gasteiger partial charge is 0.469 e. The van der Waals surface area contributed by atoms with Crippen molar-refractivity contribution in [1.29, 1.82) is 0 Å². The topological polar surface area (TPSA) is 89.8 Å². The Morgan fingerprint density at radius 2 is 2.20 bits per heavy atom. The van der Waals surface area contributed by atoms with E-state index in [4.69, 9.17) is 4.74 Å². The van der Waals surface area contributed by atoms with Crippen LogP contribution in [0.1, 0.15) is 17.3 Å². The minimum Gasteiger partial charge on any atom is -0.469 e. The highest BCUT2D eigenvalue weighted by molar-refractivity contribution is 7.13. The molecule has 20 heavy (non-hydrogen) atoms. The summed E-state index contributed by atoms with van der Waals surface area (Å²) in [5, 5.41) is 12.0. The lowest BCUT2D eigenvalue weighted by Gasteiger charge is -2.14. The molecule has 1 aliphatic heterocycles. The van der Waals surface area contributed by atoms with Crippen molar-refractivity contribution in [1.82, 2.24) is 4.90 Å². The van der Waals surface area contributed by atoms with Crippen LogP contribution < -0.4 is 0 Å². The number of rotatable bonds is 3. The van der Waals surface area contributed by atoms with Crippen LogP contribution in [-0.2, 0) is 9.53 Å². The average Bonchev–Trinajstić information content (AvgIpc) is 3.03. The molecule has 0 aliphatic carbocycles. The molecule has 0 bridgehead atoms. The van der Waals surface area contributed by atoms with Gasteiger partial charge in [-0.15, -0.1) is 0 Å². The predicted octanol–water partition coefficient (Wildman–Crippen LogP) is 1.54. The smallest absolute Gasteiger partial charge is 0.324 e. The maximum absolute atomic E-state index is 12.2. The summed E-state index contributed by atoms with van der Waals surface area (Å²) in [4.78, 5) is 35.5. The molecule has 2 heterocycles. The molecule has 1 amide bonds. The third kappa shape index (κ3) is 2.64. The van der Waals surface area contributed by atoms with E-state index < -0.39 is 4.92 Å². The van der Waals surface area contributed by atoms with Crippen molar-refractivity contribution in [3.63, 3.8) is 0 Å². The first-order valence-electron chi connectivity index (χ1n) is 6.04. The van der Waals surface area contributed by atoms with Crippen LogP contribution in [-0.4, -0.2) is 41.9 Å². The molecule has 8 heteroatoms. The number of nitrogens with zero attached hydrogens (tertiary/aromatic N) is 2. The summed E-state index contributed by atoms with van der Waals surface area (Å²) in [5.74, 6) is -0.936. The van der Waals surface area contributed by atoms with E-state index >= 15 is 0 Å². The monoisotopic (exact) mass is 298 g/mol. The molecule has 1 aromatic heterocycles. The average molecular weight is 298 g/mol. The van der Waals surface area contributed by atoms with Crippen molar-refractivity contribution in [2.24, 2.45) is 11.8 Å². The van der Waals surface area contributed by atoms with Gasteiger partial charge in [-0.3, -0.25) is 19.7 Å². The van der Waals surface area contributed by atoms with Gasteiger partial charge in [0.2, 0.25) is 0 Å². The summed E-state index contributed by atoms with van der Waals surface area (Å²) < 4.78 is 4.71. The fourth-order valence-corrected chi connectivity index (χ4v) is 3.00. The van der Waals surface area contributed by atoms with Gasteiger partial charge < -0.3 is 9.64 Å². The molecule has 0 saturated carbocycles. The molecule has 7 nitrogen and oxygen atoms in total. The highest BCUT2D eigenvalue weighted by Gasteiger charge is 2.38. The summed E-state index contributed by atoms with van der Waals surface area (Å²) >= 11 is 0.919. The SMILES string of the molecule is COC(=O)C1CN(C(=O)c2csc([N+](=O)[O-])c2)CC1C. The van der Waals surface area contributed by atoms with E-state index in [1.54, 1.807) is 0 Å². The Kier molecular flexibility index (Phi) is 4.03. The van der Waals surface area contributed by atoms with Gasteiger partial charge in [0.15, 0.2) is 0 Å². The second kappa shape index (κ2) is 5.58. The first-order valence-corrected chi connectivity index (χ1v) is 6.92. The normalized spacial score (nSPS) is 21.8. The lowest BCUT2D eigenvalue weighted by atomic mass is 9.99. The zero-order valence-electron chi connectivity index (χ0n) is 11.1. The number of carbonyl (C=O) groups is 2. The summed E-state index contributed by atoms with van der Waals surface area (Å²) in [5.41, 5.74) is 0.291. The van der Waals surface area contributed by atoms with Gasteiger partial charge in [0.25, 0.3) is 5.91 Å². The summed E-state index contributed by atoms with van der Waals surface area (Å²) in [6.45, 7) is 2.61. The Morgan fingerprint density at radius 3 is 2.75 bits per heavy atom. The maximum Gasteiger partial charge on any atom is 0.324 e. The van der Waals surface area contributed by atoms with E-state index in [1.165, 1.54) is 23.5 Å². The van der Waals surface area contributed by atoms with Crippen molar-refractivity contribution in [3.05, 3.63) is 27.1 Å². The molecule has 108 valence electrons. The van der Waals surface area contributed by atoms with Crippen molar-refractivity contribution >= 4 is 28.2 Å². The molecule has 1 aliphatic rings. The van der Waals surface area contributed by atoms with Crippen LogP contribution in [0.5, 0.6) is 0 Å². The second-order valence-corrected chi connectivity index (χ2v) is 5.64. The van der Waals surface area contributed by atoms with Gasteiger partial charge in [-0.05, 0) is 5.92 Å². The molecule has 0 spiro atoms. The van der Waals surface area contributed by atoms with Gasteiger partial charge >= 0.3 is 11.0 Å². The Labute approximate surface area is 119 Å². The van der Waals surface area contributed by atoms with Crippen LogP contribution in [0.15, 0.2) is 11.4 Å². The molecule has 0 radical (unpaired) electrons. The molecule has 1 fully saturated rings. The molecular formula is C12H14N2O5S. The highest BCUT2D eigenvalue weighted by atomic mass is 32.1. The zero-order valence-corrected chi connectivity index (χ0v) is 11.9. The first-order chi connectivity index (χ1) is 9.43. The minimum atomic E-state index is -0.523. The lowest BCUT2D eigenvalue weighted by Crippen LogP contribution is -2.29. The van der Waals surface area contributed by atoms with Crippen molar-refractivity contribution in [2.75, 3.05) is 20.2 Å². The third-order valence-corrected chi connectivity index (χ3v) is 4.30. The molecule has 2 unspecified atom stereocenters. The van der Waals surface area contributed by atoms with Gasteiger partial charge in [-0.1, -0.05) is 18.3 Å². The summed E-state index contributed by atoms with van der Waals surface area (Å²) in [6, 6.07) is 1.27. The molecule has 0 aromatic carbocycles. The molecule has 2 rings (SSSR count). The lowest BCUT2D eigenvalue weighted by molar-refractivity contribution is -0.380. The van der Waals surface area contributed by atoms with E-state index in [1.807, 2.05) is 6.92 Å². The van der Waals surface area contributed by atoms with Crippen molar-refractivity contribution < 1.29 is 19.2 Å². The highest BCUT2D eigenvalue weighted by Crippen LogP contribution is 2.28. The number of amides is 1. The number of hydrogen-bond acceptors (Lipinski definition) is 6. The number of methoxy groups -OCH3 is 1. The fraction of sp³-hybridized carbons (Fsp3) is 0.500. The van der Waals surface area contributed by atoms with E-state index in [9.17, 15) is 19.7 Å². The standard InChI is InChI=1S/C12H14N2O5S/c1-7-4-13(5-9(7)12(16)19-2)11(15)8-3-10(14(17)18)20-6-8/h3,6-7,9H,4-5H2,1-2H3. The Hall–Kier alpha value is -1.96. The van der Waals surface area contributed by atoms with Crippen LogP contribution in [0.2, 0.25) is 0 Å². The predicted molar refractivity (Wildman–Crippen MR) is 71.5 cm³/mol. The number of ether oxygens (including phenoxy) is 1. The third-order valence-electron chi connectivity index (χ3n) is 3.42. The maximum atomic E-state index is 12.2. The quantitative estimate of drug-likeness (QED) is 0.479. The van der Waals surface area contributed by atoms with Crippen molar-refractivity contribution in [3.8, 4) is 0 Å². The summed E-state index contributed by atoms with van der Waals surface area (Å²) in [7, 11) is 1.32. The second-order valence-electron chi connectivity index (χ2n) is 4.75. The van der Waals surface area contributed by atoms with Gasteiger partial charge in [0.05, 0.1) is 23.5 Å². The van der Waals surface area contributed by atoms with E-state index in [2.05, 4.69) is 0 Å². The van der Waals surface area contributed by atoms with Crippen LogP contribution in [0, 0.1) is 22.0 Å². The van der Waals surface area contributed by atoms with Gasteiger partial charge in [0.1, 0.15) is 0 Å². The molecule has 0 N–H and O–H groups in total. The molecule has 1 saturated heterocycles. The Morgan fingerprint density at radius 1 is 1.50 bits per heavy atom. The Balaban J connectivity index is 2.10. The Bertz CT molecular complexity index is 556. The van der Waals surface area contributed by atoms with Gasteiger partial charge in [-0.25, -0.2) is 0 Å². The molecule has 2 atom stereocenters. The van der Waals surface area contributed by atoms with Gasteiger partial charge in [0, 0.05) is 24.5 Å². The first kappa shape index (κ1) is 14.4. The summed E-state index contributed by atoms with van der Waals surface area (Å²) in [6.07, 6.45) is 0. The fourth-order valence-electron chi connectivity index (χ4n) is 2.31. The van der Waals surface area contributed by atoms with Crippen molar-refractivity contribution in [2.45, 2.75) is 6.92 Å². The van der Waals surface area contributed by atoms with Crippen LogP contribution >= 0.6 is 11.3 Å². The van der Waals surface area contributed by atoms with Crippen LogP contribution in [0.4, 0.5) is 5.00 Å². The molecular weight excluding hydrogens is 284 g/mol. The van der Waals surface area contributed by atoms with E-state index in [0.29, 0.717) is 12.1 Å².